The molecule has 2 nitrogen and oxygen atoms in total. The van der Waals surface area contributed by atoms with E-state index < -0.39 is 40.2 Å². The van der Waals surface area contributed by atoms with Crippen molar-refractivity contribution >= 4 is 11.5 Å². The summed E-state index contributed by atoms with van der Waals surface area (Å²) in [7, 11) is 0. The van der Waals surface area contributed by atoms with E-state index in [1.807, 2.05) is 0 Å². The number of carbonyl (C=O) groups excluding carboxylic acids is 1. The number of anilines is 1. The van der Waals surface area contributed by atoms with Crippen molar-refractivity contribution in [2.24, 2.45) is 5.41 Å². The molecule has 0 atom stereocenters. The maximum Gasteiger partial charge on any atom is 0.200 e. The number of benzene rings is 1. The molecule has 1 spiro atoms. The fourth-order valence-corrected chi connectivity index (χ4v) is 3.74. The number of Topliss-reactive ketones (excluding diaryl/α,β-unsaturated/α-hetero) is 1. The number of rotatable bonds is 2. The summed E-state index contributed by atoms with van der Waals surface area (Å²) in [5.41, 5.74) is -1.22. The quantitative estimate of drug-likeness (QED) is 0.354. The molecule has 0 radical (unpaired) electrons. The van der Waals surface area contributed by atoms with E-state index in [0.29, 0.717) is 12.0 Å². The molecule has 0 heterocycles. The van der Waals surface area contributed by atoms with Crippen molar-refractivity contribution in [3.8, 4) is 0 Å². The third kappa shape index (κ3) is 2.59. The largest absolute Gasteiger partial charge is 0.356 e. The third-order valence-electron chi connectivity index (χ3n) is 5.04. The highest BCUT2D eigenvalue weighted by Gasteiger charge is 2.44. The van der Waals surface area contributed by atoms with Crippen molar-refractivity contribution in [2.75, 3.05) is 5.32 Å². The Morgan fingerprint density at radius 1 is 0.792 bits per heavy atom. The summed E-state index contributed by atoms with van der Waals surface area (Å²) in [6.07, 6.45) is 6.54. The molecule has 2 fully saturated rings. The molecular weight excluding hydrogens is 329 g/mol. The summed E-state index contributed by atoms with van der Waals surface area (Å²) in [5, 5.41) is 2.12. The first-order valence-electron chi connectivity index (χ1n) is 7.89. The number of carbonyl (C=O) groups is 1. The average molecular weight is 345 g/mol. The molecule has 0 amide bonds. The van der Waals surface area contributed by atoms with Crippen molar-refractivity contribution in [3.63, 3.8) is 0 Å². The first kappa shape index (κ1) is 16.9. The first-order chi connectivity index (χ1) is 11.4. The minimum atomic E-state index is -2.21. The summed E-state index contributed by atoms with van der Waals surface area (Å²) in [6.45, 7) is 0. The fourth-order valence-electron chi connectivity index (χ4n) is 3.74. The highest BCUT2D eigenvalue weighted by molar-refractivity contribution is 6.01. The zero-order valence-corrected chi connectivity index (χ0v) is 12.8. The third-order valence-corrected chi connectivity index (χ3v) is 5.04. The number of ketones is 1. The first-order valence-corrected chi connectivity index (χ1v) is 7.89. The van der Waals surface area contributed by atoms with E-state index in [0.717, 1.165) is 44.7 Å². The van der Waals surface area contributed by atoms with E-state index in [2.05, 4.69) is 5.32 Å². The zero-order valence-electron chi connectivity index (χ0n) is 12.8. The average Bonchev–Trinajstić information content (AvgIpc) is 3.04. The van der Waals surface area contributed by atoms with Crippen LogP contribution in [-0.4, -0.2) is 5.78 Å². The lowest BCUT2D eigenvalue weighted by Crippen LogP contribution is -2.33. The molecule has 2 aliphatic rings. The Labute approximate surface area is 135 Å². The Morgan fingerprint density at radius 3 is 1.88 bits per heavy atom. The molecule has 1 aromatic rings. The van der Waals surface area contributed by atoms with E-state index in [1.54, 1.807) is 0 Å². The van der Waals surface area contributed by atoms with Crippen molar-refractivity contribution in [2.45, 2.75) is 44.9 Å². The fraction of sp³-hybridized carbons (Fsp3) is 0.471. The highest BCUT2D eigenvalue weighted by atomic mass is 19.2. The Balaban J connectivity index is 1.90. The van der Waals surface area contributed by atoms with Gasteiger partial charge in [-0.1, -0.05) is 12.8 Å². The molecule has 0 aromatic heterocycles. The molecule has 7 heteroatoms. The summed E-state index contributed by atoms with van der Waals surface area (Å²) in [6, 6.07) is 0. The van der Waals surface area contributed by atoms with Gasteiger partial charge in [0.2, 0.25) is 5.82 Å². The normalized spacial score (nSPS) is 21.7. The molecule has 0 bridgehead atoms. The summed E-state index contributed by atoms with van der Waals surface area (Å²) in [5.74, 6) is -10.2. The van der Waals surface area contributed by atoms with Gasteiger partial charge in [0.15, 0.2) is 29.1 Å². The van der Waals surface area contributed by atoms with Crippen LogP contribution in [-0.2, 0) is 4.79 Å². The highest BCUT2D eigenvalue weighted by Crippen LogP contribution is 2.48. The monoisotopic (exact) mass is 345 g/mol. The minimum Gasteiger partial charge on any atom is -0.356 e. The van der Waals surface area contributed by atoms with Gasteiger partial charge in [0.1, 0.15) is 5.69 Å². The van der Waals surface area contributed by atoms with Gasteiger partial charge in [-0.05, 0) is 32.1 Å². The van der Waals surface area contributed by atoms with Crippen LogP contribution in [0.5, 0.6) is 0 Å². The lowest BCUT2D eigenvalue weighted by atomic mass is 9.70. The van der Waals surface area contributed by atoms with Gasteiger partial charge in [-0.3, -0.25) is 4.79 Å². The van der Waals surface area contributed by atoms with Gasteiger partial charge in [0.25, 0.3) is 0 Å². The zero-order chi connectivity index (χ0) is 17.5. The SMILES string of the molecule is O=C1C(=CNc2c(F)c(F)c(F)c(F)c2F)CCCC12CCCC2. The maximum atomic E-state index is 13.7. The van der Waals surface area contributed by atoms with Gasteiger partial charge in [-0.2, -0.15) is 0 Å². The Bertz CT molecular complexity index is 693. The molecule has 24 heavy (non-hydrogen) atoms. The Morgan fingerprint density at radius 2 is 1.29 bits per heavy atom. The van der Waals surface area contributed by atoms with Crippen LogP contribution in [0, 0.1) is 34.5 Å². The molecule has 0 unspecified atom stereocenters. The van der Waals surface area contributed by atoms with E-state index in [4.69, 9.17) is 0 Å². The van der Waals surface area contributed by atoms with Crippen LogP contribution >= 0.6 is 0 Å². The maximum absolute atomic E-state index is 13.7. The van der Waals surface area contributed by atoms with E-state index >= 15 is 0 Å². The second-order valence-electron chi connectivity index (χ2n) is 6.43. The topological polar surface area (TPSA) is 29.1 Å². The summed E-state index contributed by atoms with van der Waals surface area (Å²) >= 11 is 0. The van der Waals surface area contributed by atoms with Gasteiger partial charge in [0.05, 0.1) is 0 Å². The second kappa shape index (κ2) is 6.18. The van der Waals surface area contributed by atoms with Crippen molar-refractivity contribution in [3.05, 3.63) is 40.9 Å². The van der Waals surface area contributed by atoms with E-state index in [-0.39, 0.29) is 5.78 Å². The van der Waals surface area contributed by atoms with Crippen LogP contribution in [0.1, 0.15) is 44.9 Å². The van der Waals surface area contributed by atoms with Crippen LogP contribution in [0.25, 0.3) is 0 Å². The molecule has 1 N–H and O–H groups in total. The molecule has 1 aromatic carbocycles. The predicted octanol–water partition coefficient (Wildman–Crippen LogP) is 4.99. The number of hydrogen-bond donors (Lipinski definition) is 1. The molecule has 0 saturated heterocycles. The predicted molar refractivity (Wildman–Crippen MR) is 77.7 cm³/mol. The molecular formula is C17H16F5NO. The van der Waals surface area contributed by atoms with Crippen LogP contribution in [0.3, 0.4) is 0 Å². The number of nitrogens with one attached hydrogen (secondary N) is 1. The minimum absolute atomic E-state index is 0.0809. The van der Waals surface area contributed by atoms with E-state index in [1.165, 1.54) is 0 Å². The lowest BCUT2D eigenvalue weighted by Gasteiger charge is -2.33. The second-order valence-corrected chi connectivity index (χ2v) is 6.43. The van der Waals surface area contributed by atoms with Crippen LogP contribution in [0.4, 0.5) is 27.6 Å². The Hall–Kier alpha value is -1.92. The molecule has 3 rings (SSSR count). The van der Waals surface area contributed by atoms with Gasteiger partial charge in [-0.15, -0.1) is 0 Å². The molecule has 2 saturated carbocycles. The van der Waals surface area contributed by atoms with Crippen LogP contribution in [0.15, 0.2) is 11.8 Å². The lowest BCUT2D eigenvalue weighted by molar-refractivity contribution is -0.126. The summed E-state index contributed by atoms with van der Waals surface area (Å²) < 4.78 is 66.7. The summed E-state index contributed by atoms with van der Waals surface area (Å²) in [4.78, 5) is 12.6. The van der Waals surface area contributed by atoms with Gasteiger partial charge >= 0.3 is 0 Å². The van der Waals surface area contributed by atoms with Crippen LogP contribution in [0.2, 0.25) is 0 Å². The van der Waals surface area contributed by atoms with Gasteiger partial charge in [0, 0.05) is 17.2 Å². The van der Waals surface area contributed by atoms with Crippen molar-refractivity contribution in [1.82, 2.24) is 0 Å². The van der Waals surface area contributed by atoms with Gasteiger partial charge < -0.3 is 5.32 Å². The van der Waals surface area contributed by atoms with Crippen molar-refractivity contribution < 1.29 is 26.7 Å². The molecule has 130 valence electrons. The number of allylic oxidation sites excluding steroid dienone is 1. The smallest absolute Gasteiger partial charge is 0.200 e. The molecule has 0 aliphatic heterocycles. The Kier molecular flexibility index (Phi) is 4.36. The molecule has 2 aliphatic carbocycles. The van der Waals surface area contributed by atoms with Crippen LogP contribution < -0.4 is 5.32 Å². The van der Waals surface area contributed by atoms with Gasteiger partial charge in [-0.25, -0.2) is 22.0 Å². The number of halogens is 5. The van der Waals surface area contributed by atoms with E-state index in [9.17, 15) is 26.7 Å². The van der Waals surface area contributed by atoms with Crippen molar-refractivity contribution in [1.29, 1.82) is 0 Å². The number of hydrogen-bond acceptors (Lipinski definition) is 2. The standard InChI is InChI=1S/C17H16F5NO/c18-10-11(19)13(21)15(14(22)12(10)20)23-8-9-4-3-7-17(16(9)24)5-1-2-6-17/h8,23H,1-7H2.